The molecule has 0 radical (unpaired) electrons. The second-order valence-corrected chi connectivity index (χ2v) is 10.9. The third-order valence-electron chi connectivity index (χ3n) is 6.12. The van der Waals surface area contributed by atoms with Gasteiger partial charge in [-0.3, -0.25) is 9.59 Å². The van der Waals surface area contributed by atoms with Crippen LogP contribution in [0, 0.1) is 29.1 Å². The molecule has 4 aliphatic rings. The number of rotatable bonds is 4. The van der Waals surface area contributed by atoms with Gasteiger partial charge in [-0.05, 0) is 91.4 Å². The van der Waals surface area contributed by atoms with Crippen LogP contribution < -0.4 is 0 Å². The summed E-state index contributed by atoms with van der Waals surface area (Å²) in [6, 6.07) is 0. The molecule has 0 N–H and O–H groups in total. The maximum atomic E-state index is 13.2. The molecule has 4 fully saturated rings. The summed E-state index contributed by atoms with van der Waals surface area (Å²) >= 11 is 0. The summed E-state index contributed by atoms with van der Waals surface area (Å²) in [5.41, 5.74) is -2.10. The van der Waals surface area contributed by atoms with Crippen LogP contribution in [0.1, 0.15) is 73.6 Å². The lowest BCUT2D eigenvalue weighted by molar-refractivity contribution is -0.203. The van der Waals surface area contributed by atoms with Gasteiger partial charge in [0, 0.05) is 0 Å². The van der Waals surface area contributed by atoms with E-state index in [2.05, 4.69) is 0 Å². The van der Waals surface area contributed by atoms with Crippen LogP contribution in [0.4, 0.5) is 0 Å². The Morgan fingerprint density at radius 3 is 1.89 bits per heavy atom. The smallest absolute Gasteiger partial charge is 0.344 e. The van der Waals surface area contributed by atoms with E-state index in [0.29, 0.717) is 24.7 Å². The maximum absolute atomic E-state index is 13.2. The quantitative estimate of drug-likeness (QED) is 0.535. The molecule has 0 spiro atoms. The van der Waals surface area contributed by atoms with Gasteiger partial charge < -0.3 is 14.2 Å². The van der Waals surface area contributed by atoms with Gasteiger partial charge in [-0.15, -0.1) is 0 Å². The minimum absolute atomic E-state index is 0.162. The fourth-order valence-electron chi connectivity index (χ4n) is 5.76. The standard InChI is InChI=1S/C22H34O6/c1-20(2,3)27-16(23)12-26-19(25)22-10-13-7-14(11-22)9-15(8-13)17(22)18(24)28-21(4,5)6/h13-15,17H,7-12H2,1-6H3. The summed E-state index contributed by atoms with van der Waals surface area (Å²) in [5.74, 6) is -0.727. The monoisotopic (exact) mass is 394 g/mol. The molecular weight excluding hydrogens is 360 g/mol. The van der Waals surface area contributed by atoms with Crippen LogP contribution in [0.5, 0.6) is 0 Å². The van der Waals surface area contributed by atoms with Crippen LogP contribution in [-0.4, -0.2) is 35.7 Å². The van der Waals surface area contributed by atoms with Gasteiger partial charge in [0.25, 0.3) is 0 Å². The fourth-order valence-corrected chi connectivity index (χ4v) is 5.76. The average Bonchev–Trinajstić information content (AvgIpc) is 2.47. The second kappa shape index (κ2) is 7.03. The van der Waals surface area contributed by atoms with Crippen LogP contribution in [-0.2, 0) is 28.6 Å². The van der Waals surface area contributed by atoms with Gasteiger partial charge in [-0.2, -0.15) is 0 Å². The van der Waals surface area contributed by atoms with Crippen LogP contribution in [0.2, 0.25) is 0 Å². The van der Waals surface area contributed by atoms with E-state index in [1.165, 1.54) is 0 Å². The molecular formula is C22H34O6. The number of hydrogen-bond donors (Lipinski definition) is 0. The molecule has 6 heteroatoms. The summed E-state index contributed by atoms with van der Waals surface area (Å²) in [6.07, 6.45) is 4.37. The van der Waals surface area contributed by atoms with Gasteiger partial charge in [-0.1, -0.05) is 0 Å². The van der Waals surface area contributed by atoms with E-state index in [-0.39, 0.29) is 11.9 Å². The molecule has 28 heavy (non-hydrogen) atoms. The molecule has 0 aromatic carbocycles. The van der Waals surface area contributed by atoms with Crippen molar-refractivity contribution in [3.05, 3.63) is 0 Å². The van der Waals surface area contributed by atoms with Crippen molar-refractivity contribution in [2.24, 2.45) is 29.1 Å². The normalized spacial score (nSPS) is 34.1. The van der Waals surface area contributed by atoms with Crippen molar-refractivity contribution in [2.45, 2.75) is 84.8 Å². The molecule has 0 amide bonds. The van der Waals surface area contributed by atoms with Crippen molar-refractivity contribution in [1.82, 2.24) is 0 Å². The first-order valence-electron chi connectivity index (χ1n) is 10.4. The maximum Gasteiger partial charge on any atom is 0.344 e. The van der Waals surface area contributed by atoms with E-state index in [0.717, 1.165) is 19.3 Å². The van der Waals surface area contributed by atoms with Crippen LogP contribution in [0.3, 0.4) is 0 Å². The van der Waals surface area contributed by atoms with E-state index >= 15 is 0 Å². The predicted octanol–water partition coefficient (Wildman–Crippen LogP) is 3.66. The van der Waals surface area contributed by atoms with Gasteiger partial charge in [0.05, 0.1) is 11.3 Å². The average molecular weight is 395 g/mol. The van der Waals surface area contributed by atoms with Crippen molar-refractivity contribution >= 4 is 17.9 Å². The Morgan fingerprint density at radius 2 is 1.39 bits per heavy atom. The molecule has 0 aromatic rings. The molecule has 0 saturated heterocycles. The summed E-state index contributed by atoms with van der Waals surface area (Å²) < 4.78 is 16.4. The second-order valence-electron chi connectivity index (χ2n) is 10.9. The lowest BCUT2D eigenvalue weighted by atomic mass is 9.45. The highest BCUT2D eigenvalue weighted by molar-refractivity contribution is 5.88. The molecule has 3 unspecified atom stereocenters. The SMILES string of the molecule is CC(C)(C)OC(=O)COC(=O)C12CC3CC(CC(C3)C1C(=O)OC(C)(C)C)C2. The van der Waals surface area contributed by atoms with E-state index in [9.17, 15) is 14.4 Å². The molecule has 3 atom stereocenters. The highest BCUT2D eigenvalue weighted by atomic mass is 16.6. The van der Waals surface area contributed by atoms with Crippen LogP contribution >= 0.6 is 0 Å². The van der Waals surface area contributed by atoms with Crippen molar-refractivity contribution in [3.8, 4) is 0 Å². The van der Waals surface area contributed by atoms with Gasteiger partial charge >= 0.3 is 17.9 Å². The highest BCUT2D eigenvalue weighted by Gasteiger charge is 2.64. The summed E-state index contributed by atoms with van der Waals surface area (Å²) in [7, 11) is 0. The minimum atomic E-state index is -0.862. The molecule has 4 aliphatic carbocycles. The van der Waals surface area contributed by atoms with Gasteiger partial charge in [-0.25, -0.2) is 4.79 Å². The zero-order valence-corrected chi connectivity index (χ0v) is 18.0. The minimum Gasteiger partial charge on any atom is -0.460 e. The molecule has 6 nitrogen and oxygen atoms in total. The third kappa shape index (κ3) is 4.36. The Morgan fingerprint density at radius 1 is 0.857 bits per heavy atom. The van der Waals surface area contributed by atoms with E-state index < -0.39 is 41.1 Å². The van der Waals surface area contributed by atoms with Crippen LogP contribution in [0.15, 0.2) is 0 Å². The first kappa shape index (κ1) is 21.1. The molecule has 4 rings (SSSR count). The van der Waals surface area contributed by atoms with Crippen molar-refractivity contribution in [1.29, 1.82) is 0 Å². The van der Waals surface area contributed by atoms with E-state index in [1.54, 1.807) is 20.8 Å². The number of hydrogen-bond acceptors (Lipinski definition) is 6. The van der Waals surface area contributed by atoms with Gasteiger partial charge in [0.15, 0.2) is 6.61 Å². The largest absolute Gasteiger partial charge is 0.460 e. The van der Waals surface area contributed by atoms with Crippen LogP contribution in [0.25, 0.3) is 0 Å². The number of carbonyl (C=O) groups is 3. The Balaban J connectivity index is 1.77. The first-order valence-corrected chi connectivity index (χ1v) is 10.4. The lowest BCUT2D eigenvalue weighted by Crippen LogP contribution is -2.60. The van der Waals surface area contributed by atoms with Crippen molar-refractivity contribution in [2.75, 3.05) is 6.61 Å². The molecule has 158 valence electrons. The summed E-state index contributed by atoms with van der Waals surface area (Å²) in [4.78, 5) is 38.3. The summed E-state index contributed by atoms with van der Waals surface area (Å²) in [6.45, 7) is 10.4. The number of esters is 3. The fraction of sp³-hybridized carbons (Fsp3) is 0.864. The number of ether oxygens (including phenoxy) is 3. The molecule has 4 saturated carbocycles. The van der Waals surface area contributed by atoms with Crippen molar-refractivity contribution in [3.63, 3.8) is 0 Å². The zero-order chi connectivity index (χ0) is 20.9. The zero-order valence-electron chi connectivity index (χ0n) is 18.0. The van der Waals surface area contributed by atoms with E-state index in [4.69, 9.17) is 14.2 Å². The van der Waals surface area contributed by atoms with Gasteiger partial charge in [0.2, 0.25) is 0 Å². The first-order chi connectivity index (χ1) is 12.8. The predicted molar refractivity (Wildman–Crippen MR) is 102 cm³/mol. The molecule has 4 bridgehead atoms. The molecule has 0 aliphatic heterocycles. The Labute approximate surface area is 167 Å². The van der Waals surface area contributed by atoms with Crippen molar-refractivity contribution < 1.29 is 28.6 Å². The highest BCUT2D eigenvalue weighted by Crippen LogP contribution is 2.63. The molecule has 0 aromatic heterocycles. The lowest BCUT2D eigenvalue weighted by Gasteiger charge is -2.58. The Kier molecular flexibility index (Phi) is 5.30. The number of carbonyl (C=O) groups excluding carboxylic acids is 3. The summed E-state index contributed by atoms with van der Waals surface area (Å²) in [5, 5.41) is 0. The topological polar surface area (TPSA) is 78.9 Å². The van der Waals surface area contributed by atoms with E-state index in [1.807, 2.05) is 20.8 Å². The third-order valence-corrected chi connectivity index (χ3v) is 6.12. The van der Waals surface area contributed by atoms with Gasteiger partial charge in [0.1, 0.15) is 11.2 Å². The Bertz CT molecular complexity index is 639. The Hall–Kier alpha value is -1.59. The molecule has 0 heterocycles.